The number of aliphatic hydroxyl groups excluding tert-OH is 2. The molecule has 15 heteroatoms. The number of nitrogens with one attached hydrogen (secondary N) is 1. The molecule has 0 spiro atoms. The Hall–Kier alpha value is -2.48. The van der Waals surface area contributed by atoms with E-state index in [1.165, 1.54) is 4.98 Å². The number of phosphoric acid groups is 1. The number of H-pyrrole nitrogens is 1. The lowest BCUT2D eigenvalue weighted by Gasteiger charge is -2.28. The van der Waals surface area contributed by atoms with Crippen molar-refractivity contribution in [3.8, 4) is 5.75 Å². The Kier molecular flexibility index (Phi) is 4.70. The number of fused-ring (bicyclic) bond motifs is 1. The summed E-state index contributed by atoms with van der Waals surface area (Å²) in [4.78, 5) is 24.6. The molecule has 1 aromatic carbocycles. The summed E-state index contributed by atoms with van der Waals surface area (Å²) < 4.78 is 90.1. The highest BCUT2D eigenvalue weighted by atomic mass is 31.2. The summed E-state index contributed by atoms with van der Waals surface area (Å²) in [7, 11) is -4.93. The fraction of sp³-hybridized carbons (Fsp3) is 0.375. The van der Waals surface area contributed by atoms with Gasteiger partial charge in [-0.15, -0.1) is 0 Å². The maximum atomic E-state index is 15.6. The van der Waals surface area contributed by atoms with Crippen molar-refractivity contribution >= 4 is 7.82 Å². The molecule has 1 aromatic heterocycles. The number of phosphoric ester groups is 1. The molecule has 0 aliphatic carbocycles. The number of aliphatic hydroxyl groups is 2. The van der Waals surface area contributed by atoms with Crippen molar-refractivity contribution in [3.05, 3.63) is 62.4 Å². The van der Waals surface area contributed by atoms with Crippen molar-refractivity contribution in [2.75, 3.05) is 6.56 Å². The minimum atomic E-state index is -4.93. The molecule has 1 saturated heterocycles. The first-order valence-corrected chi connectivity index (χ1v) is 9.89. The van der Waals surface area contributed by atoms with Crippen LogP contribution in [0.2, 0.25) is 0 Å². The number of benzene rings is 1. The van der Waals surface area contributed by atoms with E-state index in [-0.39, 0.29) is 22.1 Å². The van der Waals surface area contributed by atoms with Gasteiger partial charge in [-0.3, -0.25) is 23.4 Å². The van der Waals surface area contributed by atoms with Gasteiger partial charge in [0.05, 0.1) is 15.5 Å². The van der Waals surface area contributed by atoms with Gasteiger partial charge in [0.15, 0.2) is 6.23 Å². The van der Waals surface area contributed by atoms with E-state index in [9.17, 15) is 33.1 Å². The molecule has 0 bridgehead atoms. The Morgan fingerprint density at radius 1 is 1.39 bits per heavy atom. The van der Waals surface area contributed by atoms with Crippen molar-refractivity contribution in [2.45, 2.75) is 30.9 Å². The van der Waals surface area contributed by atoms with Crippen LogP contribution in [0.4, 0.5) is 13.2 Å². The third-order valence-electron chi connectivity index (χ3n) is 4.39. The van der Waals surface area contributed by atoms with Gasteiger partial charge in [0.1, 0.15) is 30.3 Å². The summed E-state index contributed by atoms with van der Waals surface area (Å²) >= 11 is 0. The normalized spacial score (nSPS) is 33.9. The zero-order chi connectivity index (χ0) is 24.3. The van der Waals surface area contributed by atoms with Gasteiger partial charge in [-0.1, -0.05) is 0 Å². The second kappa shape index (κ2) is 7.58. The number of alkyl halides is 1. The predicted octanol–water partition coefficient (Wildman–Crippen LogP) is 0.465. The molecule has 3 heterocycles. The maximum Gasteiger partial charge on any atom is 0.530 e. The van der Waals surface area contributed by atoms with E-state index in [0.29, 0.717) is 0 Å². The van der Waals surface area contributed by atoms with Crippen LogP contribution in [0.3, 0.4) is 0 Å². The summed E-state index contributed by atoms with van der Waals surface area (Å²) in [6.45, 7) is -4.43. The van der Waals surface area contributed by atoms with Gasteiger partial charge in [-0.25, -0.2) is 18.1 Å². The highest BCUT2D eigenvalue weighted by Crippen LogP contribution is 2.55. The largest absolute Gasteiger partial charge is 0.530 e. The number of aromatic nitrogens is 2. The molecule has 5 atom stereocenters. The summed E-state index contributed by atoms with van der Waals surface area (Å²) in [5.41, 5.74) is -2.72. The highest BCUT2D eigenvalue weighted by Gasteiger charge is 2.57. The van der Waals surface area contributed by atoms with E-state index in [0.717, 1.165) is 18.2 Å². The molecular formula is C16H14F3N2O9P. The first-order chi connectivity index (χ1) is 15.3. The highest BCUT2D eigenvalue weighted by molar-refractivity contribution is 7.49. The topological polar surface area (TPSA) is 149 Å². The second-order valence-electron chi connectivity index (χ2n) is 6.49. The molecule has 2 aliphatic rings. The molecule has 0 radical (unpaired) electrons. The van der Waals surface area contributed by atoms with E-state index in [1.54, 1.807) is 0 Å². The van der Waals surface area contributed by atoms with Crippen LogP contribution in [0.15, 0.2) is 34.0 Å². The monoisotopic (exact) mass is 468 g/mol. The number of rotatable bonds is 4. The Labute approximate surface area is 173 Å². The second-order valence-corrected chi connectivity index (χ2v) is 8.01. The van der Waals surface area contributed by atoms with Crippen LogP contribution in [-0.2, 0) is 25.0 Å². The van der Waals surface area contributed by atoms with Crippen molar-refractivity contribution in [2.24, 2.45) is 0 Å². The molecule has 2 aromatic rings. The van der Waals surface area contributed by atoms with Crippen LogP contribution in [0, 0.1) is 11.6 Å². The first-order valence-electron chi connectivity index (χ1n) is 9.43. The molecule has 31 heavy (non-hydrogen) atoms. The average Bonchev–Trinajstić information content (AvgIpc) is 2.96. The zero-order valence-electron chi connectivity index (χ0n) is 17.0. The molecule has 1 fully saturated rings. The number of ether oxygens (including phenoxy) is 1. The van der Waals surface area contributed by atoms with Gasteiger partial charge in [-0.2, -0.15) is 4.39 Å². The molecular weight excluding hydrogens is 452 g/mol. The molecule has 168 valence electrons. The number of aromatic amines is 1. The van der Waals surface area contributed by atoms with Crippen molar-refractivity contribution in [1.29, 1.82) is 0 Å². The lowest BCUT2D eigenvalue weighted by molar-refractivity contribution is -0.205. The molecule has 3 N–H and O–H groups in total. The van der Waals surface area contributed by atoms with Crippen LogP contribution in [0.5, 0.6) is 5.75 Å². The number of halogens is 3. The molecule has 0 saturated carbocycles. The predicted molar refractivity (Wildman–Crippen MR) is 92.6 cm³/mol. The molecule has 2 aliphatic heterocycles. The molecule has 0 amide bonds. The number of nitrogens with zero attached hydrogens (tertiary/aromatic N) is 1. The number of hydrogen-bond acceptors (Lipinski definition) is 9. The molecule has 11 nitrogen and oxygen atoms in total. The molecule has 4 rings (SSSR count). The van der Waals surface area contributed by atoms with Crippen LogP contribution in [-0.4, -0.2) is 44.4 Å². The van der Waals surface area contributed by atoms with E-state index in [4.69, 9.17) is 16.5 Å². The summed E-state index contributed by atoms with van der Waals surface area (Å²) in [6.07, 6.45) is -7.14. The lowest BCUT2D eigenvalue weighted by atomic mass is 10.1. The Bertz CT molecular complexity index is 1270. The summed E-state index contributed by atoms with van der Waals surface area (Å²) in [5.74, 6) is -6.42. The quantitative estimate of drug-likeness (QED) is 0.544. The standard InChI is InChI=1S/C16H14F3N2O9P/c17-8-1-2-10-7(3-8)5-27-31(26,30-10)28-6-16(19)12(23)11(22)14(29-16)21-4-9(18)13(24)20-15(21)25/h1-4,11-12,14,22-23H,5-6H2,(H,20,24,25)/t11-,12+,14-,16-,31?/m1/s1/i6D2. The third kappa shape index (κ3) is 3.93. The Balaban J connectivity index is 1.63. The average molecular weight is 468 g/mol. The van der Waals surface area contributed by atoms with Gasteiger partial charge in [0.2, 0.25) is 5.82 Å². The Morgan fingerprint density at radius 3 is 2.87 bits per heavy atom. The van der Waals surface area contributed by atoms with Crippen LogP contribution in [0.1, 0.15) is 14.5 Å². The van der Waals surface area contributed by atoms with Gasteiger partial charge in [-0.05, 0) is 18.2 Å². The van der Waals surface area contributed by atoms with E-state index >= 15 is 4.39 Å². The van der Waals surface area contributed by atoms with Crippen LogP contribution in [0.25, 0.3) is 0 Å². The first kappa shape index (κ1) is 19.2. The fourth-order valence-electron chi connectivity index (χ4n) is 2.85. The third-order valence-corrected chi connectivity index (χ3v) is 5.57. The fourth-order valence-corrected chi connectivity index (χ4v) is 3.95. The van der Waals surface area contributed by atoms with E-state index in [1.807, 2.05) is 0 Å². The van der Waals surface area contributed by atoms with Gasteiger partial charge in [0.25, 0.3) is 11.4 Å². The van der Waals surface area contributed by atoms with Gasteiger partial charge < -0.3 is 19.5 Å². The van der Waals surface area contributed by atoms with Crippen LogP contribution >= 0.6 is 7.82 Å². The summed E-state index contributed by atoms with van der Waals surface area (Å²) in [6, 6.07) is 2.96. The molecule has 1 unspecified atom stereocenters. The van der Waals surface area contributed by atoms with Gasteiger partial charge in [0, 0.05) is 5.56 Å². The Morgan fingerprint density at radius 2 is 2.13 bits per heavy atom. The SMILES string of the molecule is [2H]C([2H])(OP1(=O)OCc2cc(F)ccc2O1)[C@@]1(F)O[C@@H](n2cc(F)c(=O)[nH]c2=O)[C@H](O)[C@@H]1O. The van der Waals surface area contributed by atoms with Crippen molar-refractivity contribution < 1.29 is 49.0 Å². The number of hydrogen-bond donors (Lipinski definition) is 3. The minimum absolute atomic E-state index is 0.0905. The van der Waals surface area contributed by atoms with Gasteiger partial charge >= 0.3 is 13.5 Å². The van der Waals surface area contributed by atoms with Crippen LogP contribution < -0.4 is 15.8 Å². The lowest BCUT2D eigenvalue weighted by Crippen LogP contribution is -2.43. The zero-order valence-corrected chi connectivity index (χ0v) is 15.9. The van der Waals surface area contributed by atoms with E-state index < -0.39 is 68.2 Å². The van der Waals surface area contributed by atoms with E-state index in [2.05, 4.69) is 4.52 Å². The van der Waals surface area contributed by atoms with Crippen molar-refractivity contribution in [3.63, 3.8) is 0 Å². The smallest absolute Gasteiger partial charge is 0.404 e. The maximum absolute atomic E-state index is 15.6. The van der Waals surface area contributed by atoms with Crippen molar-refractivity contribution in [1.82, 2.24) is 9.55 Å². The summed E-state index contributed by atoms with van der Waals surface area (Å²) in [5, 5.41) is 20.3. The minimum Gasteiger partial charge on any atom is -0.404 e.